The Morgan fingerprint density at radius 3 is 2.47 bits per heavy atom. The Kier molecular flexibility index (Phi) is 3.02. The smallest absolute Gasteiger partial charge is 0.163 e. The van der Waals surface area contributed by atoms with Crippen LogP contribution < -0.4 is 4.74 Å². The highest BCUT2D eigenvalue weighted by molar-refractivity contribution is 5.33. The normalized spacial score (nSPS) is 32.3. The van der Waals surface area contributed by atoms with E-state index >= 15 is 0 Å². The van der Waals surface area contributed by atoms with Gasteiger partial charge in [0, 0.05) is 18.9 Å². The number of rotatable bonds is 2. The minimum atomic E-state index is -0.491. The van der Waals surface area contributed by atoms with E-state index in [1.807, 2.05) is 20.8 Å². The molecule has 0 spiro atoms. The Morgan fingerprint density at radius 1 is 1.21 bits per heavy atom. The second-order valence-electron chi connectivity index (χ2n) is 5.83. The number of ether oxygens (including phenoxy) is 3. The van der Waals surface area contributed by atoms with Gasteiger partial charge in [0.15, 0.2) is 5.79 Å². The summed E-state index contributed by atoms with van der Waals surface area (Å²) < 4.78 is 30.8. The van der Waals surface area contributed by atoms with E-state index in [-0.39, 0.29) is 24.1 Å². The summed E-state index contributed by atoms with van der Waals surface area (Å²) in [5, 5.41) is 0. The van der Waals surface area contributed by atoms with E-state index in [2.05, 4.69) is 0 Å². The van der Waals surface area contributed by atoms with Crippen LogP contribution in [0, 0.1) is 12.7 Å². The fraction of sp³-hybridized carbons (Fsp3) is 0.600. The molecule has 2 fully saturated rings. The molecule has 1 aliphatic heterocycles. The Morgan fingerprint density at radius 2 is 1.84 bits per heavy atom. The zero-order valence-corrected chi connectivity index (χ0v) is 11.5. The Hall–Kier alpha value is -1.13. The summed E-state index contributed by atoms with van der Waals surface area (Å²) in [6.07, 6.45) is 1.81. The first-order valence-electron chi connectivity index (χ1n) is 6.71. The number of aryl methyl sites for hydroxylation is 1. The molecule has 2 aliphatic rings. The SMILES string of the molecule is Cc1ccc(F)cc1OC1C[C@@H]2OC(C)(C)O[C@@H]2C1. The predicted octanol–water partition coefficient (Wildman–Crippen LogP) is 3.20. The molecule has 0 aromatic heterocycles. The molecule has 0 radical (unpaired) electrons. The van der Waals surface area contributed by atoms with Crippen LogP contribution in [-0.4, -0.2) is 24.1 Å². The predicted molar refractivity (Wildman–Crippen MR) is 68.6 cm³/mol. The summed E-state index contributed by atoms with van der Waals surface area (Å²) in [5.41, 5.74) is 0.945. The number of hydrogen-bond acceptors (Lipinski definition) is 3. The van der Waals surface area contributed by atoms with Crippen molar-refractivity contribution < 1.29 is 18.6 Å². The summed E-state index contributed by atoms with van der Waals surface area (Å²) >= 11 is 0. The van der Waals surface area contributed by atoms with Crippen molar-refractivity contribution in [3.8, 4) is 5.75 Å². The molecule has 1 saturated carbocycles. The second kappa shape index (κ2) is 4.46. The quantitative estimate of drug-likeness (QED) is 0.822. The van der Waals surface area contributed by atoms with Gasteiger partial charge in [-0.3, -0.25) is 0 Å². The molecule has 1 aliphatic carbocycles. The summed E-state index contributed by atoms with van der Waals surface area (Å²) in [6.45, 7) is 5.77. The van der Waals surface area contributed by atoms with Gasteiger partial charge in [0.2, 0.25) is 0 Å². The van der Waals surface area contributed by atoms with Crippen LogP contribution in [0.5, 0.6) is 5.75 Å². The van der Waals surface area contributed by atoms with Gasteiger partial charge < -0.3 is 14.2 Å². The molecule has 1 aromatic carbocycles. The molecule has 0 bridgehead atoms. The van der Waals surface area contributed by atoms with Crippen molar-refractivity contribution in [2.24, 2.45) is 0 Å². The molecule has 1 unspecified atom stereocenters. The highest BCUT2D eigenvalue weighted by Crippen LogP contribution is 2.39. The number of benzene rings is 1. The van der Waals surface area contributed by atoms with E-state index in [1.165, 1.54) is 12.1 Å². The van der Waals surface area contributed by atoms with Gasteiger partial charge in [-0.05, 0) is 32.4 Å². The maximum Gasteiger partial charge on any atom is 0.163 e. The zero-order chi connectivity index (χ0) is 13.6. The first-order valence-corrected chi connectivity index (χ1v) is 6.71. The summed E-state index contributed by atoms with van der Waals surface area (Å²) in [6, 6.07) is 4.62. The van der Waals surface area contributed by atoms with Crippen LogP contribution in [0.1, 0.15) is 32.3 Å². The largest absolute Gasteiger partial charge is 0.490 e. The van der Waals surface area contributed by atoms with E-state index in [9.17, 15) is 4.39 Å². The minimum absolute atomic E-state index is 0.0339. The van der Waals surface area contributed by atoms with Crippen molar-refractivity contribution in [1.29, 1.82) is 0 Å². The van der Waals surface area contributed by atoms with Crippen LogP contribution >= 0.6 is 0 Å². The standard InChI is InChI=1S/C15H19FO3/c1-9-4-5-10(16)6-12(9)17-11-7-13-14(8-11)19-15(2,3)18-13/h4-6,11,13-14H,7-8H2,1-3H3/t11?,13-,14+. The number of fused-ring (bicyclic) bond motifs is 1. The highest BCUT2D eigenvalue weighted by atomic mass is 19.1. The molecule has 3 atom stereocenters. The molecule has 1 aromatic rings. The van der Waals surface area contributed by atoms with Gasteiger partial charge in [-0.25, -0.2) is 4.39 Å². The van der Waals surface area contributed by atoms with Crippen molar-refractivity contribution in [3.05, 3.63) is 29.6 Å². The van der Waals surface area contributed by atoms with E-state index < -0.39 is 5.79 Å². The lowest BCUT2D eigenvalue weighted by molar-refractivity contribution is -0.155. The number of hydrogen-bond donors (Lipinski definition) is 0. The van der Waals surface area contributed by atoms with Gasteiger partial charge in [0.25, 0.3) is 0 Å². The molecule has 104 valence electrons. The lowest BCUT2D eigenvalue weighted by Crippen LogP contribution is -2.25. The Balaban J connectivity index is 1.66. The van der Waals surface area contributed by atoms with Crippen LogP contribution in [0.15, 0.2) is 18.2 Å². The molecule has 19 heavy (non-hydrogen) atoms. The molecule has 1 saturated heterocycles. The average Bonchev–Trinajstić information content (AvgIpc) is 2.76. The summed E-state index contributed by atoms with van der Waals surface area (Å²) in [7, 11) is 0. The Labute approximate surface area is 112 Å². The minimum Gasteiger partial charge on any atom is -0.490 e. The van der Waals surface area contributed by atoms with Crippen LogP contribution in [0.4, 0.5) is 4.39 Å². The second-order valence-corrected chi connectivity index (χ2v) is 5.83. The molecule has 0 amide bonds. The Bertz CT molecular complexity index is 470. The molecule has 1 heterocycles. The fourth-order valence-corrected chi connectivity index (χ4v) is 2.90. The van der Waals surface area contributed by atoms with Gasteiger partial charge >= 0.3 is 0 Å². The van der Waals surface area contributed by atoms with Crippen molar-refractivity contribution >= 4 is 0 Å². The van der Waals surface area contributed by atoms with Crippen molar-refractivity contribution in [3.63, 3.8) is 0 Å². The van der Waals surface area contributed by atoms with Gasteiger partial charge in [-0.1, -0.05) is 6.07 Å². The van der Waals surface area contributed by atoms with Crippen LogP contribution in [0.2, 0.25) is 0 Å². The van der Waals surface area contributed by atoms with Crippen LogP contribution in [0.25, 0.3) is 0 Å². The van der Waals surface area contributed by atoms with Gasteiger partial charge in [0.1, 0.15) is 17.7 Å². The monoisotopic (exact) mass is 266 g/mol. The van der Waals surface area contributed by atoms with E-state index in [1.54, 1.807) is 6.07 Å². The topological polar surface area (TPSA) is 27.7 Å². The summed E-state index contributed by atoms with van der Waals surface area (Å²) in [5.74, 6) is -0.147. The third-order valence-corrected chi connectivity index (χ3v) is 3.72. The third kappa shape index (κ3) is 2.60. The summed E-state index contributed by atoms with van der Waals surface area (Å²) in [4.78, 5) is 0. The van der Waals surface area contributed by atoms with Crippen molar-refractivity contribution in [2.75, 3.05) is 0 Å². The molecule has 3 nitrogen and oxygen atoms in total. The maximum atomic E-state index is 13.2. The van der Waals surface area contributed by atoms with Crippen molar-refractivity contribution in [2.45, 2.75) is 57.7 Å². The maximum absolute atomic E-state index is 13.2. The van der Waals surface area contributed by atoms with E-state index in [0.29, 0.717) is 5.75 Å². The zero-order valence-electron chi connectivity index (χ0n) is 11.5. The fourth-order valence-electron chi connectivity index (χ4n) is 2.90. The van der Waals surface area contributed by atoms with E-state index in [4.69, 9.17) is 14.2 Å². The van der Waals surface area contributed by atoms with Crippen LogP contribution in [-0.2, 0) is 9.47 Å². The number of halogens is 1. The first-order chi connectivity index (χ1) is 8.93. The molecular weight excluding hydrogens is 247 g/mol. The van der Waals surface area contributed by atoms with Crippen molar-refractivity contribution in [1.82, 2.24) is 0 Å². The molecular formula is C15H19FO3. The first kappa shape index (κ1) is 12.9. The molecule has 3 rings (SSSR count). The third-order valence-electron chi connectivity index (χ3n) is 3.72. The lowest BCUT2D eigenvalue weighted by Gasteiger charge is -2.21. The lowest BCUT2D eigenvalue weighted by atomic mass is 10.2. The molecule has 4 heteroatoms. The highest BCUT2D eigenvalue weighted by Gasteiger charge is 2.48. The van der Waals surface area contributed by atoms with Gasteiger partial charge in [-0.2, -0.15) is 0 Å². The molecule has 0 N–H and O–H groups in total. The van der Waals surface area contributed by atoms with Gasteiger partial charge in [0.05, 0.1) is 12.2 Å². The van der Waals surface area contributed by atoms with Crippen LogP contribution in [0.3, 0.4) is 0 Å². The average molecular weight is 266 g/mol. The van der Waals surface area contributed by atoms with Gasteiger partial charge in [-0.15, -0.1) is 0 Å². The van der Waals surface area contributed by atoms with E-state index in [0.717, 1.165) is 18.4 Å².